The predicted octanol–water partition coefficient (Wildman–Crippen LogP) is 1.33. The Morgan fingerprint density at radius 2 is 2.19 bits per heavy atom. The third-order valence-electron chi connectivity index (χ3n) is 1.86. The fourth-order valence-corrected chi connectivity index (χ4v) is 1.17. The van der Waals surface area contributed by atoms with Crippen LogP contribution in [0.4, 0.5) is 14.6 Å². The van der Waals surface area contributed by atoms with Gasteiger partial charge in [0.2, 0.25) is 5.69 Å². The van der Waals surface area contributed by atoms with E-state index in [9.17, 15) is 23.7 Å². The van der Waals surface area contributed by atoms with Crippen LogP contribution in [0.2, 0.25) is 0 Å². The SMILES string of the molecule is Cc1cc(C(F)F)c(C(N)=O)nc1[N+](=O)[O-]. The van der Waals surface area contributed by atoms with Crippen LogP contribution in [-0.4, -0.2) is 15.8 Å². The molecule has 0 atom stereocenters. The number of rotatable bonds is 3. The first-order valence-corrected chi connectivity index (χ1v) is 4.08. The van der Waals surface area contributed by atoms with Gasteiger partial charge in [0, 0.05) is 5.56 Å². The monoisotopic (exact) mass is 231 g/mol. The van der Waals surface area contributed by atoms with Gasteiger partial charge in [0.05, 0.1) is 5.56 Å². The third-order valence-corrected chi connectivity index (χ3v) is 1.86. The zero-order valence-electron chi connectivity index (χ0n) is 8.11. The number of carbonyl (C=O) groups is 1. The fourth-order valence-electron chi connectivity index (χ4n) is 1.17. The molecule has 8 heteroatoms. The van der Waals surface area contributed by atoms with Gasteiger partial charge in [-0.25, -0.2) is 8.78 Å². The van der Waals surface area contributed by atoms with Crippen LogP contribution in [0.25, 0.3) is 0 Å². The topological polar surface area (TPSA) is 99.1 Å². The summed E-state index contributed by atoms with van der Waals surface area (Å²) >= 11 is 0. The number of amides is 1. The Bertz CT molecular complexity index is 462. The third kappa shape index (κ3) is 2.10. The average molecular weight is 231 g/mol. The summed E-state index contributed by atoms with van der Waals surface area (Å²) < 4.78 is 25.0. The van der Waals surface area contributed by atoms with Gasteiger partial charge >= 0.3 is 5.82 Å². The van der Waals surface area contributed by atoms with E-state index < -0.39 is 34.3 Å². The maximum atomic E-state index is 12.5. The Balaban J connectivity index is 3.49. The molecule has 0 bridgehead atoms. The van der Waals surface area contributed by atoms with Crippen molar-refractivity contribution in [2.24, 2.45) is 5.73 Å². The van der Waals surface area contributed by atoms with Crippen molar-refractivity contribution < 1.29 is 18.5 Å². The lowest BCUT2D eigenvalue weighted by Crippen LogP contribution is -2.17. The normalized spacial score (nSPS) is 10.5. The number of halogens is 2. The van der Waals surface area contributed by atoms with E-state index >= 15 is 0 Å². The molecular formula is C8H7F2N3O3. The molecule has 1 amide bonds. The average Bonchev–Trinajstić information content (AvgIpc) is 2.15. The predicted molar refractivity (Wildman–Crippen MR) is 49.1 cm³/mol. The Hall–Kier alpha value is -2.12. The lowest BCUT2D eigenvalue weighted by molar-refractivity contribution is -0.390. The number of pyridine rings is 1. The second kappa shape index (κ2) is 4.17. The molecule has 0 spiro atoms. The second-order valence-corrected chi connectivity index (χ2v) is 2.99. The minimum Gasteiger partial charge on any atom is -0.362 e. The van der Waals surface area contributed by atoms with Crippen LogP contribution < -0.4 is 5.73 Å². The van der Waals surface area contributed by atoms with Gasteiger partial charge in [-0.2, -0.15) is 0 Å². The molecule has 0 aliphatic rings. The summed E-state index contributed by atoms with van der Waals surface area (Å²) in [4.78, 5) is 23.7. The van der Waals surface area contributed by atoms with Gasteiger partial charge in [0.1, 0.15) is 0 Å². The molecule has 2 N–H and O–H groups in total. The number of aromatic nitrogens is 1. The molecule has 86 valence electrons. The molecule has 0 aliphatic carbocycles. The zero-order chi connectivity index (χ0) is 12.5. The number of hydrogen-bond acceptors (Lipinski definition) is 4. The molecule has 16 heavy (non-hydrogen) atoms. The number of nitro groups is 1. The highest BCUT2D eigenvalue weighted by atomic mass is 19.3. The summed E-state index contributed by atoms with van der Waals surface area (Å²) in [6, 6.07) is 0.843. The number of aryl methyl sites for hydroxylation is 1. The van der Waals surface area contributed by atoms with Crippen molar-refractivity contribution in [1.29, 1.82) is 0 Å². The van der Waals surface area contributed by atoms with Gasteiger partial charge in [0.25, 0.3) is 12.3 Å². The summed E-state index contributed by atoms with van der Waals surface area (Å²) in [6.45, 7) is 1.25. The summed E-state index contributed by atoms with van der Waals surface area (Å²) in [5.41, 5.74) is 3.29. The molecule has 0 aliphatic heterocycles. The van der Waals surface area contributed by atoms with Crippen LogP contribution in [-0.2, 0) is 0 Å². The molecule has 6 nitrogen and oxygen atoms in total. The maximum Gasteiger partial charge on any atom is 0.367 e. The highest BCUT2D eigenvalue weighted by Gasteiger charge is 2.27. The van der Waals surface area contributed by atoms with Gasteiger partial charge in [-0.1, -0.05) is 0 Å². The first-order valence-electron chi connectivity index (χ1n) is 4.08. The van der Waals surface area contributed by atoms with Crippen molar-refractivity contribution in [3.63, 3.8) is 0 Å². The molecule has 1 aromatic rings. The van der Waals surface area contributed by atoms with E-state index in [0.717, 1.165) is 6.07 Å². The minimum absolute atomic E-state index is 0.0506. The van der Waals surface area contributed by atoms with E-state index in [-0.39, 0.29) is 5.56 Å². The first kappa shape index (κ1) is 12.0. The molecule has 1 heterocycles. The maximum absolute atomic E-state index is 12.5. The molecule has 0 saturated heterocycles. The van der Waals surface area contributed by atoms with E-state index in [1.165, 1.54) is 6.92 Å². The van der Waals surface area contributed by atoms with Crippen molar-refractivity contribution in [3.8, 4) is 0 Å². The van der Waals surface area contributed by atoms with E-state index in [0.29, 0.717) is 0 Å². The van der Waals surface area contributed by atoms with E-state index in [1.54, 1.807) is 0 Å². The van der Waals surface area contributed by atoms with Crippen LogP contribution in [0.1, 0.15) is 28.0 Å². The lowest BCUT2D eigenvalue weighted by Gasteiger charge is -2.03. The first-order chi connectivity index (χ1) is 7.34. The lowest BCUT2D eigenvalue weighted by atomic mass is 10.1. The molecule has 0 unspecified atom stereocenters. The van der Waals surface area contributed by atoms with Gasteiger partial charge < -0.3 is 15.8 Å². The van der Waals surface area contributed by atoms with Crippen LogP contribution in [0.3, 0.4) is 0 Å². The zero-order valence-corrected chi connectivity index (χ0v) is 8.11. The highest BCUT2D eigenvalue weighted by molar-refractivity contribution is 5.92. The van der Waals surface area contributed by atoms with Crippen LogP contribution in [0.15, 0.2) is 6.07 Å². The van der Waals surface area contributed by atoms with Gasteiger partial charge in [-0.05, 0) is 22.9 Å². The van der Waals surface area contributed by atoms with E-state index in [2.05, 4.69) is 4.98 Å². The summed E-state index contributed by atoms with van der Waals surface area (Å²) in [5, 5.41) is 10.5. The van der Waals surface area contributed by atoms with Crippen LogP contribution in [0.5, 0.6) is 0 Å². The van der Waals surface area contributed by atoms with Crippen molar-refractivity contribution in [2.75, 3.05) is 0 Å². The Labute approximate surface area is 88.2 Å². The van der Waals surface area contributed by atoms with Gasteiger partial charge in [-0.15, -0.1) is 0 Å². The number of hydrogen-bond donors (Lipinski definition) is 1. The molecule has 1 rings (SSSR count). The quantitative estimate of drug-likeness (QED) is 0.626. The van der Waals surface area contributed by atoms with Crippen molar-refractivity contribution in [2.45, 2.75) is 13.3 Å². The largest absolute Gasteiger partial charge is 0.367 e. The molecule has 0 saturated carbocycles. The number of primary amides is 1. The fraction of sp³-hybridized carbons (Fsp3) is 0.250. The number of alkyl halides is 2. The van der Waals surface area contributed by atoms with E-state index in [4.69, 9.17) is 5.73 Å². The minimum atomic E-state index is -2.96. The second-order valence-electron chi connectivity index (χ2n) is 2.99. The van der Waals surface area contributed by atoms with Gasteiger partial charge in [-0.3, -0.25) is 4.79 Å². The summed E-state index contributed by atoms with van der Waals surface area (Å²) in [6.07, 6.45) is -2.96. The summed E-state index contributed by atoms with van der Waals surface area (Å²) in [7, 11) is 0. The van der Waals surface area contributed by atoms with Crippen LogP contribution >= 0.6 is 0 Å². The number of carbonyl (C=O) groups excluding carboxylic acids is 1. The Kier molecular flexibility index (Phi) is 3.11. The molecular weight excluding hydrogens is 224 g/mol. The van der Waals surface area contributed by atoms with Crippen molar-refractivity contribution >= 4 is 11.7 Å². The van der Waals surface area contributed by atoms with Gasteiger partial charge in [0.15, 0.2) is 0 Å². The number of nitrogens with two attached hydrogens (primary N) is 1. The Morgan fingerprint density at radius 1 is 1.62 bits per heavy atom. The molecule has 0 aromatic carbocycles. The van der Waals surface area contributed by atoms with E-state index in [1.807, 2.05) is 0 Å². The van der Waals surface area contributed by atoms with Crippen molar-refractivity contribution in [3.05, 3.63) is 33.0 Å². The highest BCUT2D eigenvalue weighted by Crippen LogP contribution is 2.26. The summed E-state index contributed by atoms with van der Waals surface area (Å²) in [5.74, 6) is -1.88. The smallest absolute Gasteiger partial charge is 0.362 e. The molecule has 0 fully saturated rings. The van der Waals surface area contributed by atoms with Crippen LogP contribution in [0, 0.1) is 17.0 Å². The van der Waals surface area contributed by atoms with Crippen molar-refractivity contribution in [1.82, 2.24) is 4.98 Å². The standard InChI is InChI=1S/C8H7F2N3O3/c1-3-2-4(6(9)10)5(7(11)14)12-8(3)13(15)16/h2,6H,1H3,(H2,11,14). The Morgan fingerprint density at radius 3 is 2.56 bits per heavy atom. The molecule has 1 aromatic heterocycles. The molecule has 0 radical (unpaired) electrons. The number of nitrogens with zero attached hydrogens (tertiary/aromatic N) is 2.